The first kappa shape index (κ1) is 9.25. The number of hydrogen-bond donors (Lipinski definition) is 2. The van der Waals surface area contributed by atoms with E-state index >= 15 is 0 Å². The van der Waals surface area contributed by atoms with Crippen molar-refractivity contribution in [2.75, 3.05) is 0 Å². The number of rotatable bonds is 3. The van der Waals surface area contributed by atoms with E-state index in [0.29, 0.717) is 6.29 Å². The number of urea groups is 1. The van der Waals surface area contributed by atoms with Crippen LogP contribution in [0.3, 0.4) is 0 Å². The minimum absolute atomic E-state index is 0.639. The first-order valence-corrected chi connectivity index (χ1v) is 3.80. The van der Waals surface area contributed by atoms with Crippen molar-refractivity contribution in [2.24, 2.45) is 5.73 Å². The molecule has 1 aromatic carbocycles. The molecule has 0 saturated heterocycles. The largest absolute Gasteiger partial charge is 0.352 e. The molecule has 0 aliphatic rings. The van der Waals surface area contributed by atoms with Gasteiger partial charge in [-0.1, -0.05) is 30.3 Å². The lowest BCUT2D eigenvalue weighted by Gasteiger charge is -2.10. The number of benzene rings is 1. The Morgan fingerprint density at radius 1 is 1.38 bits per heavy atom. The third kappa shape index (κ3) is 2.59. The first-order valence-electron chi connectivity index (χ1n) is 3.80. The summed E-state index contributed by atoms with van der Waals surface area (Å²) in [7, 11) is 0. The van der Waals surface area contributed by atoms with Gasteiger partial charge in [0.1, 0.15) is 12.3 Å². The van der Waals surface area contributed by atoms with E-state index in [1.807, 2.05) is 6.07 Å². The zero-order valence-corrected chi connectivity index (χ0v) is 6.94. The van der Waals surface area contributed by atoms with Crippen LogP contribution in [0.25, 0.3) is 0 Å². The van der Waals surface area contributed by atoms with Gasteiger partial charge in [0.25, 0.3) is 0 Å². The highest BCUT2D eigenvalue weighted by Gasteiger charge is 2.09. The molecule has 4 heteroatoms. The maximum atomic E-state index is 10.6. The standard InChI is InChI=1S/C9H10N2O2/c10-9(13)11-8(6-12)7-4-2-1-3-5-7/h1-6,8H,(H3,10,11,13). The molecule has 3 N–H and O–H groups in total. The van der Waals surface area contributed by atoms with Crippen LogP contribution >= 0.6 is 0 Å². The molecular formula is C9H10N2O2. The van der Waals surface area contributed by atoms with Crippen molar-refractivity contribution >= 4 is 12.3 Å². The number of primary amides is 1. The lowest BCUT2D eigenvalue weighted by Crippen LogP contribution is -2.33. The highest BCUT2D eigenvalue weighted by molar-refractivity contribution is 5.77. The van der Waals surface area contributed by atoms with E-state index in [2.05, 4.69) is 5.32 Å². The van der Waals surface area contributed by atoms with Crippen LogP contribution in [-0.2, 0) is 4.79 Å². The number of nitrogens with two attached hydrogens (primary N) is 1. The Hall–Kier alpha value is -1.84. The van der Waals surface area contributed by atoms with Crippen molar-refractivity contribution in [3.05, 3.63) is 35.9 Å². The minimum atomic E-state index is -0.707. The van der Waals surface area contributed by atoms with Gasteiger partial charge in [-0.05, 0) is 5.56 Å². The Bertz CT molecular complexity index is 298. The van der Waals surface area contributed by atoms with E-state index < -0.39 is 12.1 Å². The number of carbonyl (C=O) groups excluding carboxylic acids is 2. The summed E-state index contributed by atoms with van der Waals surface area (Å²) in [5, 5.41) is 2.32. The number of amides is 2. The van der Waals surface area contributed by atoms with Crippen LogP contribution in [0, 0.1) is 0 Å². The molecule has 0 aliphatic carbocycles. The van der Waals surface area contributed by atoms with Crippen LogP contribution in [0.15, 0.2) is 30.3 Å². The number of nitrogens with one attached hydrogen (secondary N) is 1. The van der Waals surface area contributed by atoms with Crippen molar-refractivity contribution in [3.8, 4) is 0 Å². The fourth-order valence-corrected chi connectivity index (χ4v) is 1.01. The Morgan fingerprint density at radius 2 is 2.00 bits per heavy atom. The predicted molar refractivity (Wildman–Crippen MR) is 48.0 cm³/mol. The Morgan fingerprint density at radius 3 is 2.46 bits per heavy atom. The van der Waals surface area contributed by atoms with Gasteiger partial charge < -0.3 is 15.8 Å². The monoisotopic (exact) mass is 178 g/mol. The molecule has 0 fully saturated rings. The molecule has 1 unspecified atom stereocenters. The third-order valence-corrected chi connectivity index (χ3v) is 1.59. The topological polar surface area (TPSA) is 72.2 Å². The Kier molecular flexibility index (Phi) is 3.03. The smallest absolute Gasteiger partial charge is 0.313 e. The molecule has 0 aliphatic heterocycles. The van der Waals surface area contributed by atoms with Gasteiger partial charge in [-0.15, -0.1) is 0 Å². The summed E-state index contributed by atoms with van der Waals surface area (Å²) in [5.41, 5.74) is 5.62. The van der Waals surface area contributed by atoms with Crippen molar-refractivity contribution < 1.29 is 9.59 Å². The number of hydrogen-bond acceptors (Lipinski definition) is 2. The van der Waals surface area contributed by atoms with Crippen LogP contribution in [0.1, 0.15) is 11.6 Å². The van der Waals surface area contributed by atoms with Crippen molar-refractivity contribution in [2.45, 2.75) is 6.04 Å². The van der Waals surface area contributed by atoms with Crippen molar-refractivity contribution in [1.82, 2.24) is 5.32 Å². The molecule has 1 rings (SSSR count). The third-order valence-electron chi connectivity index (χ3n) is 1.59. The molecule has 1 aromatic rings. The average molecular weight is 178 g/mol. The van der Waals surface area contributed by atoms with Gasteiger partial charge in [0.15, 0.2) is 0 Å². The molecule has 2 amide bonds. The second-order valence-corrected chi connectivity index (χ2v) is 2.53. The van der Waals surface area contributed by atoms with E-state index in [1.54, 1.807) is 24.3 Å². The molecule has 0 saturated carbocycles. The molecule has 0 aromatic heterocycles. The Balaban J connectivity index is 2.78. The summed E-state index contributed by atoms with van der Waals surface area (Å²) >= 11 is 0. The van der Waals surface area contributed by atoms with E-state index in [-0.39, 0.29) is 0 Å². The fraction of sp³-hybridized carbons (Fsp3) is 0.111. The summed E-state index contributed by atoms with van der Waals surface area (Å²) in [6.07, 6.45) is 0.639. The zero-order valence-electron chi connectivity index (χ0n) is 6.94. The van der Waals surface area contributed by atoms with Gasteiger partial charge in [0.2, 0.25) is 0 Å². The molecular weight excluding hydrogens is 168 g/mol. The SMILES string of the molecule is NC(=O)NC(C=O)c1ccccc1. The second kappa shape index (κ2) is 4.25. The van der Waals surface area contributed by atoms with Gasteiger partial charge in [-0.2, -0.15) is 0 Å². The summed E-state index contributed by atoms with van der Waals surface area (Å²) in [6.45, 7) is 0. The van der Waals surface area contributed by atoms with E-state index in [9.17, 15) is 9.59 Å². The van der Waals surface area contributed by atoms with E-state index in [1.165, 1.54) is 0 Å². The molecule has 0 bridgehead atoms. The van der Waals surface area contributed by atoms with Crippen LogP contribution in [0.2, 0.25) is 0 Å². The second-order valence-electron chi connectivity index (χ2n) is 2.53. The van der Waals surface area contributed by atoms with Gasteiger partial charge in [-0.3, -0.25) is 0 Å². The summed E-state index contributed by atoms with van der Waals surface area (Å²) in [4.78, 5) is 21.1. The fourth-order valence-electron chi connectivity index (χ4n) is 1.01. The molecule has 0 radical (unpaired) electrons. The van der Waals surface area contributed by atoms with E-state index in [0.717, 1.165) is 5.56 Å². The van der Waals surface area contributed by atoms with Crippen molar-refractivity contribution in [1.29, 1.82) is 0 Å². The van der Waals surface area contributed by atoms with Crippen LogP contribution in [0.4, 0.5) is 4.79 Å². The summed E-state index contributed by atoms with van der Waals surface area (Å²) in [6, 6.07) is 7.53. The first-order chi connectivity index (χ1) is 6.24. The lowest BCUT2D eigenvalue weighted by atomic mass is 10.1. The highest BCUT2D eigenvalue weighted by atomic mass is 16.2. The average Bonchev–Trinajstić information content (AvgIpc) is 2.15. The molecule has 0 spiro atoms. The van der Waals surface area contributed by atoms with Gasteiger partial charge in [-0.25, -0.2) is 4.79 Å². The number of carbonyl (C=O) groups is 2. The summed E-state index contributed by atoms with van der Waals surface area (Å²) in [5.74, 6) is 0. The normalized spacial score (nSPS) is 11.7. The summed E-state index contributed by atoms with van der Waals surface area (Å²) < 4.78 is 0. The Labute approximate surface area is 75.7 Å². The van der Waals surface area contributed by atoms with Crippen LogP contribution < -0.4 is 11.1 Å². The van der Waals surface area contributed by atoms with E-state index in [4.69, 9.17) is 5.73 Å². The molecule has 68 valence electrons. The van der Waals surface area contributed by atoms with Crippen LogP contribution in [0.5, 0.6) is 0 Å². The molecule has 4 nitrogen and oxygen atoms in total. The molecule has 1 atom stereocenters. The van der Waals surface area contributed by atoms with Gasteiger partial charge in [0, 0.05) is 0 Å². The number of aldehydes is 1. The lowest BCUT2D eigenvalue weighted by molar-refractivity contribution is -0.109. The highest BCUT2D eigenvalue weighted by Crippen LogP contribution is 2.08. The quantitative estimate of drug-likeness (QED) is 0.665. The maximum Gasteiger partial charge on any atom is 0.313 e. The molecule has 13 heavy (non-hydrogen) atoms. The van der Waals surface area contributed by atoms with Gasteiger partial charge >= 0.3 is 6.03 Å². The maximum absolute atomic E-state index is 10.6. The van der Waals surface area contributed by atoms with Crippen LogP contribution in [-0.4, -0.2) is 12.3 Å². The van der Waals surface area contributed by atoms with Gasteiger partial charge in [0.05, 0.1) is 0 Å². The molecule has 0 heterocycles. The minimum Gasteiger partial charge on any atom is -0.352 e. The van der Waals surface area contributed by atoms with Crippen molar-refractivity contribution in [3.63, 3.8) is 0 Å². The zero-order chi connectivity index (χ0) is 9.68. The predicted octanol–water partition coefficient (Wildman–Crippen LogP) is 0.595.